The Bertz CT molecular complexity index is 836. The third-order valence-electron chi connectivity index (χ3n) is 4.85. The second-order valence-corrected chi connectivity index (χ2v) is 7.21. The molecule has 0 radical (unpaired) electrons. The van der Waals surface area contributed by atoms with Gasteiger partial charge in [-0.05, 0) is 49.7 Å². The molecule has 0 unspecified atom stereocenters. The maximum Gasteiger partial charge on any atom is 0.147 e. The summed E-state index contributed by atoms with van der Waals surface area (Å²) < 4.78 is 19.0. The number of hydrogen-bond acceptors (Lipinski definition) is 4. The first kappa shape index (κ1) is 19.4. The lowest BCUT2D eigenvalue weighted by Crippen LogP contribution is -2.55. The molecule has 0 N–H and O–H groups in total. The van der Waals surface area contributed by atoms with Crippen LogP contribution in [-0.4, -0.2) is 41.1 Å². The van der Waals surface area contributed by atoms with Gasteiger partial charge in [-0.25, -0.2) is 9.18 Å². The van der Waals surface area contributed by atoms with Crippen molar-refractivity contribution in [2.45, 2.75) is 32.5 Å². The van der Waals surface area contributed by atoms with Crippen molar-refractivity contribution in [3.05, 3.63) is 70.6 Å². The highest BCUT2D eigenvalue weighted by Gasteiger charge is 2.34. The second kappa shape index (κ2) is 8.57. The van der Waals surface area contributed by atoms with E-state index in [0.29, 0.717) is 29.7 Å². The van der Waals surface area contributed by atoms with Crippen molar-refractivity contribution < 1.29 is 13.9 Å². The molecule has 1 aliphatic heterocycles. The smallest absolute Gasteiger partial charge is 0.147 e. The summed E-state index contributed by atoms with van der Waals surface area (Å²) in [7, 11) is 0. The van der Waals surface area contributed by atoms with Gasteiger partial charge in [0.1, 0.15) is 29.9 Å². The quantitative estimate of drug-likeness (QED) is 0.721. The molecule has 0 spiro atoms. The number of piperazine rings is 1. The fourth-order valence-electron chi connectivity index (χ4n) is 3.30. The Morgan fingerprint density at radius 3 is 2.63 bits per heavy atom. The molecule has 0 saturated carbocycles. The van der Waals surface area contributed by atoms with E-state index in [4.69, 9.17) is 16.3 Å². The SMILES string of the molecule is C[C@@H]1CN(COc2cccc(Cl)c2)[C@@H](C)C(=C=O)N1Cc1ccc(F)cc1. The Hall–Kier alpha value is -2.33. The maximum absolute atomic E-state index is 13.1. The van der Waals surface area contributed by atoms with E-state index in [1.807, 2.05) is 24.0 Å². The highest BCUT2D eigenvalue weighted by atomic mass is 35.5. The topological polar surface area (TPSA) is 32.8 Å². The summed E-state index contributed by atoms with van der Waals surface area (Å²) >= 11 is 5.99. The number of nitrogens with zero attached hydrogens (tertiary/aromatic N) is 2. The molecule has 0 aromatic heterocycles. The lowest BCUT2D eigenvalue weighted by molar-refractivity contribution is 0.0286. The summed E-state index contributed by atoms with van der Waals surface area (Å²) in [4.78, 5) is 15.8. The van der Waals surface area contributed by atoms with Crippen molar-refractivity contribution >= 4 is 17.5 Å². The van der Waals surface area contributed by atoms with Crippen LogP contribution in [0, 0.1) is 5.82 Å². The summed E-state index contributed by atoms with van der Waals surface area (Å²) in [5.41, 5.74) is 1.53. The van der Waals surface area contributed by atoms with Crippen LogP contribution in [-0.2, 0) is 11.3 Å². The van der Waals surface area contributed by atoms with Crippen molar-refractivity contribution in [3.8, 4) is 5.75 Å². The third-order valence-corrected chi connectivity index (χ3v) is 5.08. The van der Waals surface area contributed by atoms with Gasteiger partial charge in [-0.2, -0.15) is 0 Å². The number of halogens is 2. The molecule has 3 rings (SSSR count). The molecule has 142 valence electrons. The van der Waals surface area contributed by atoms with Crippen LogP contribution in [0.1, 0.15) is 19.4 Å². The molecule has 2 aromatic carbocycles. The zero-order chi connectivity index (χ0) is 19.4. The van der Waals surface area contributed by atoms with Crippen LogP contribution in [0.3, 0.4) is 0 Å². The average molecular weight is 389 g/mol. The van der Waals surface area contributed by atoms with Crippen LogP contribution >= 0.6 is 11.6 Å². The fraction of sp³-hybridized carbons (Fsp3) is 0.333. The Labute approximate surface area is 163 Å². The van der Waals surface area contributed by atoms with E-state index in [1.165, 1.54) is 12.1 Å². The molecule has 0 aliphatic carbocycles. The van der Waals surface area contributed by atoms with Gasteiger partial charge in [-0.1, -0.05) is 29.8 Å². The molecule has 27 heavy (non-hydrogen) atoms. The van der Waals surface area contributed by atoms with Crippen molar-refractivity contribution in [1.29, 1.82) is 0 Å². The molecule has 1 fully saturated rings. The summed E-state index contributed by atoms with van der Waals surface area (Å²) in [5, 5.41) is 0.617. The maximum atomic E-state index is 13.1. The fourth-order valence-corrected chi connectivity index (χ4v) is 3.48. The largest absolute Gasteiger partial charge is 0.478 e. The number of carbonyl (C=O) groups excluding carboxylic acids is 1. The minimum Gasteiger partial charge on any atom is -0.478 e. The molecule has 1 saturated heterocycles. The monoisotopic (exact) mass is 388 g/mol. The first-order valence-corrected chi connectivity index (χ1v) is 9.24. The van der Waals surface area contributed by atoms with E-state index >= 15 is 0 Å². The highest BCUT2D eigenvalue weighted by Crippen LogP contribution is 2.26. The number of benzene rings is 2. The van der Waals surface area contributed by atoms with Gasteiger partial charge in [0.05, 0.1) is 6.04 Å². The molecule has 4 nitrogen and oxygen atoms in total. The summed E-state index contributed by atoms with van der Waals surface area (Å²) in [6.07, 6.45) is 0. The van der Waals surface area contributed by atoms with E-state index in [9.17, 15) is 9.18 Å². The number of hydrogen-bond donors (Lipinski definition) is 0. The normalized spacial score (nSPS) is 20.4. The summed E-state index contributed by atoms with van der Waals surface area (Å²) in [5.74, 6) is 2.52. The number of ether oxygens (including phenoxy) is 1. The van der Waals surface area contributed by atoms with E-state index in [-0.39, 0.29) is 17.9 Å². The van der Waals surface area contributed by atoms with E-state index in [0.717, 1.165) is 12.1 Å². The minimum absolute atomic E-state index is 0.0886. The lowest BCUT2D eigenvalue weighted by Gasteiger charge is -2.45. The van der Waals surface area contributed by atoms with Crippen LogP contribution in [0.5, 0.6) is 5.75 Å². The van der Waals surface area contributed by atoms with Crippen LogP contribution in [0.15, 0.2) is 54.2 Å². The molecule has 2 aromatic rings. The van der Waals surface area contributed by atoms with Gasteiger partial charge < -0.3 is 9.64 Å². The van der Waals surface area contributed by atoms with Crippen molar-refractivity contribution in [2.24, 2.45) is 0 Å². The van der Waals surface area contributed by atoms with Crippen LogP contribution < -0.4 is 4.74 Å². The second-order valence-electron chi connectivity index (χ2n) is 6.77. The Morgan fingerprint density at radius 1 is 1.22 bits per heavy atom. The third kappa shape index (κ3) is 4.69. The van der Waals surface area contributed by atoms with Gasteiger partial charge in [-0.3, -0.25) is 4.90 Å². The molecule has 0 amide bonds. The summed E-state index contributed by atoms with van der Waals surface area (Å²) in [6, 6.07) is 13.5. The standard InChI is InChI=1S/C21H22ClFN2O2/c1-15-11-24(14-27-20-5-3-4-18(22)10-20)16(2)21(13-26)25(15)12-17-6-8-19(23)9-7-17/h3-10,15-16H,11-12,14H2,1-2H3/t15-,16+/m1/s1. The molecular weight excluding hydrogens is 367 g/mol. The zero-order valence-electron chi connectivity index (χ0n) is 15.4. The van der Waals surface area contributed by atoms with Gasteiger partial charge in [0.2, 0.25) is 0 Å². The van der Waals surface area contributed by atoms with Gasteiger partial charge in [0.15, 0.2) is 0 Å². The highest BCUT2D eigenvalue weighted by molar-refractivity contribution is 6.30. The van der Waals surface area contributed by atoms with Crippen molar-refractivity contribution in [2.75, 3.05) is 13.3 Å². The van der Waals surface area contributed by atoms with Crippen molar-refractivity contribution in [1.82, 2.24) is 9.80 Å². The number of rotatable bonds is 5. The molecule has 1 heterocycles. The first-order valence-electron chi connectivity index (χ1n) is 8.86. The van der Waals surface area contributed by atoms with Gasteiger partial charge >= 0.3 is 0 Å². The van der Waals surface area contributed by atoms with Crippen molar-refractivity contribution in [3.63, 3.8) is 0 Å². The van der Waals surface area contributed by atoms with Crippen LogP contribution in [0.4, 0.5) is 4.39 Å². The Kier molecular flexibility index (Phi) is 6.17. The first-order chi connectivity index (χ1) is 13.0. The molecule has 6 heteroatoms. The molecule has 2 atom stereocenters. The van der Waals surface area contributed by atoms with Crippen LogP contribution in [0.2, 0.25) is 5.02 Å². The predicted molar refractivity (Wildman–Crippen MR) is 104 cm³/mol. The Balaban J connectivity index is 1.69. The van der Waals surface area contributed by atoms with Gasteiger partial charge in [-0.15, -0.1) is 0 Å². The average Bonchev–Trinajstić information content (AvgIpc) is 2.65. The Morgan fingerprint density at radius 2 is 1.96 bits per heavy atom. The molecule has 1 aliphatic rings. The predicted octanol–water partition coefficient (Wildman–Crippen LogP) is 4.13. The van der Waals surface area contributed by atoms with E-state index < -0.39 is 0 Å². The molecular formula is C21H22ClFN2O2. The van der Waals surface area contributed by atoms with Gasteiger partial charge in [0.25, 0.3) is 0 Å². The van der Waals surface area contributed by atoms with Crippen LogP contribution in [0.25, 0.3) is 0 Å². The summed E-state index contributed by atoms with van der Waals surface area (Å²) in [6.45, 7) is 5.64. The molecule has 0 bridgehead atoms. The van der Waals surface area contributed by atoms with Gasteiger partial charge in [0, 0.05) is 24.2 Å². The lowest BCUT2D eigenvalue weighted by atomic mass is 10.0. The minimum atomic E-state index is -0.269. The van der Waals surface area contributed by atoms with E-state index in [1.54, 1.807) is 24.3 Å². The zero-order valence-corrected chi connectivity index (χ0v) is 16.1. The van der Waals surface area contributed by atoms with E-state index in [2.05, 4.69) is 17.8 Å².